The van der Waals surface area contributed by atoms with Crippen molar-refractivity contribution >= 4 is 11.7 Å². The number of hydrogen-bond acceptors (Lipinski definition) is 7. The summed E-state index contributed by atoms with van der Waals surface area (Å²) in [5, 5.41) is 13.6. The summed E-state index contributed by atoms with van der Waals surface area (Å²) in [4.78, 5) is 24.5. The van der Waals surface area contributed by atoms with Gasteiger partial charge in [-0.1, -0.05) is 13.0 Å². The Morgan fingerprint density at radius 1 is 1.38 bits per heavy atom. The predicted molar refractivity (Wildman–Crippen MR) is 101 cm³/mol. The van der Waals surface area contributed by atoms with Crippen molar-refractivity contribution in [3.05, 3.63) is 53.6 Å². The molecule has 1 amide bonds. The van der Waals surface area contributed by atoms with Crippen LogP contribution in [-0.4, -0.2) is 46.1 Å². The zero-order valence-electron chi connectivity index (χ0n) is 15.8. The first-order valence-corrected chi connectivity index (χ1v) is 8.87. The van der Waals surface area contributed by atoms with Gasteiger partial charge in [-0.3, -0.25) is 9.79 Å². The number of alkyl halides is 2. The standard InChI is InChI=1S/C19H21F2N5O3/c1-10-5-13(3-4-14(10)29-18(20)21)19(15(27)11(2)16(22)26-19)8-25-17(28)12-6-23-9-24-7-12/h3-7,9,11,15,18,27H,8H2,1-2H3,(H2,22,26)(H,25,28). The van der Waals surface area contributed by atoms with Gasteiger partial charge in [0.1, 0.15) is 23.5 Å². The van der Waals surface area contributed by atoms with Crippen LogP contribution >= 0.6 is 0 Å². The van der Waals surface area contributed by atoms with E-state index in [9.17, 15) is 18.7 Å². The van der Waals surface area contributed by atoms with Gasteiger partial charge in [0.2, 0.25) is 0 Å². The Labute approximate surface area is 165 Å². The monoisotopic (exact) mass is 405 g/mol. The Hall–Kier alpha value is -3.14. The lowest BCUT2D eigenvalue weighted by Gasteiger charge is -2.32. The summed E-state index contributed by atoms with van der Waals surface area (Å²) in [7, 11) is 0. The quantitative estimate of drug-likeness (QED) is 0.667. The number of nitrogens with two attached hydrogens (primary N) is 1. The van der Waals surface area contributed by atoms with E-state index in [1.54, 1.807) is 19.9 Å². The fourth-order valence-corrected chi connectivity index (χ4v) is 3.34. The van der Waals surface area contributed by atoms with Gasteiger partial charge in [0.25, 0.3) is 5.91 Å². The topological polar surface area (TPSA) is 123 Å². The summed E-state index contributed by atoms with van der Waals surface area (Å²) >= 11 is 0. The molecule has 1 aliphatic heterocycles. The molecule has 0 saturated carbocycles. The molecule has 10 heteroatoms. The van der Waals surface area contributed by atoms with Crippen molar-refractivity contribution in [2.75, 3.05) is 6.54 Å². The number of ether oxygens (including phenoxy) is 1. The van der Waals surface area contributed by atoms with Crippen LogP contribution in [0.5, 0.6) is 5.75 Å². The lowest BCUT2D eigenvalue weighted by atomic mass is 9.81. The van der Waals surface area contributed by atoms with Gasteiger partial charge in [-0.15, -0.1) is 0 Å². The number of nitrogens with one attached hydrogen (secondary N) is 1. The third-order valence-corrected chi connectivity index (χ3v) is 4.99. The van der Waals surface area contributed by atoms with Gasteiger partial charge in [-0.25, -0.2) is 9.97 Å². The number of carbonyl (C=O) groups excluding carboxylic acids is 1. The smallest absolute Gasteiger partial charge is 0.387 e. The molecule has 3 unspecified atom stereocenters. The first-order chi connectivity index (χ1) is 13.7. The fraction of sp³-hybridized carbons (Fsp3) is 0.368. The average molecular weight is 405 g/mol. The van der Waals surface area contributed by atoms with Gasteiger partial charge in [0.05, 0.1) is 11.7 Å². The highest BCUT2D eigenvalue weighted by molar-refractivity contribution is 5.93. The van der Waals surface area contributed by atoms with Crippen molar-refractivity contribution in [3.63, 3.8) is 0 Å². The number of aromatic nitrogens is 2. The van der Waals surface area contributed by atoms with Gasteiger partial charge >= 0.3 is 6.61 Å². The largest absolute Gasteiger partial charge is 0.435 e. The molecule has 3 atom stereocenters. The molecule has 2 heterocycles. The number of aliphatic imine (C=N–C) groups is 1. The number of rotatable bonds is 6. The number of amides is 1. The number of nitrogens with zero attached hydrogens (tertiary/aromatic N) is 3. The minimum Gasteiger partial charge on any atom is -0.435 e. The summed E-state index contributed by atoms with van der Waals surface area (Å²) < 4.78 is 29.6. The molecule has 8 nitrogen and oxygen atoms in total. The zero-order chi connectivity index (χ0) is 21.2. The van der Waals surface area contributed by atoms with Gasteiger partial charge in [-0.2, -0.15) is 8.78 Å². The molecule has 154 valence electrons. The highest BCUT2D eigenvalue weighted by Gasteiger charge is 2.48. The molecule has 2 aromatic rings. The number of benzene rings is 1. The Bertz CT molecular complexity index is 925. The predicted octanol–water partition coefficient (Wildman–Crippen LogP) is 1.38. The number of carbonyl (C=O) groups is 1. The van der Waals surface area contributed by atoms with Gasteiger partial charge < -0.3 is 20.9 Å². The highest BCUT2D eigenvalue weighted by atomic mass is 19.3. The molecule has 1 aliphatic rings. The van der Waals surface area contributed by atoms with Gasteiger partial charge in [0.15, 0.2) is 0 Å². The molecule has 0 aliphatic carbocycles. The number of aryl methyl sites for hydroxylation is 1. The molecular formula is C19H21F2N5O3. The summed E-state index contributed by atoms with van der Waals surface area (Å²) in [5.41, 5.74) is 5.89. The van der Waals surface area contributed by atoms with Crippen molar-refractivity contribution in [2.24, 2.45) is 16.6 Å². The third kappa shape index (κ3) is 4.02. The van der Waals surface area contributed by atoms with Crippen molar-refractivity contribution in [1.29, 1.82) is 0 Å². The number of hydrogen-bond donors (Lipinski definition) is 3. The van der Waals surface area contributed by atoms with E-state index < -0.39 is 30.1 Å². The van der Waals surface area contributed by atoms with Crippen LogP contribution in [0.3, 0.4) is 0 Å². The van der Waals surface area contributed by atoms with Crippen LogP contribution in [0.1, 0.15) is 28.4 Å². The second-order valence-electron chi connectivity index (χ2n) is 6.86. The van der Waals surface area contributed by atoms with E-state index in [-0.39, 0.29) is 23.7 Å². The average Bonchev–Trinajstić information content (AvgIpc) is 2.92. The first kappa shape index (κ1) is 20.6. The second kappa shape index (κ2) is 8.08. The summed E-state index contributed by atoms with van der Waals surface area (Å²) in [6.45, 7) is 0.305. The lowest BCUT2D eigenvalue weighted by molar-refractivity contribution is -0.0503. The molecule has 0 fully saturated rings. The Kier molecular flexibility index (Phi) is 5.73. The molecule has 0 spiro atoms. The maximum atomic E-state index is 12.6. The first-order valence-electron chi connectivity index (χ1n) is 8.87. The van der Waals surface area contributed by atoms with Crippen LogP contribution in [-0.2, 0) is 5.54 Å². The van der Waals surface area contributed by atoms with Crippen LogP contribution in [0.2, 0.25) is 0 Å². The second-order valence-corrected chi connectivity index (χ2v) is 6.86. The van der Waals surface area contributed by atoms with Crippen LogP contribution < -0.4 is 15.8 Å². The minimum atomic E-state index is -2.95. The number of aliphatic hydroxyl groups excluding tert-OH is 1. The van der Waals surface area contributed by atoms with E-state index >= 15 is 0 Å². The molecule has 3 rings (SSSR count). The van der Waals surface area contributed by atoms with E-state index in [1.807, 2.05) is 0 Å². The maximum Gasteiger partial charge on any atom is 0.387 e. The van der Waals surface area contributed by atoms with E-state index in [4.69, 9.17) is 5.73 Å². The van der Waals surface area contributed by atoms with Crippen molar-refractivity contribution in [1.82, 2.24) is 15.3 Å². The molecule has 0 radical (unpaired) electrons. The summed E-state index contributed by atoms with van der Waals surface area (Å²) in [6, 6.07) is 4.50. The van der Waals surface area contributed by atoms with Gasteiger partial charge in [-0.05, 0) is 30.2 Å². The normalized spacial score (nSPS) is 23.7. The molecule has 4 N–H and O–H groups in total. The number of amidine groups is 1. The van der Waals surface area contributed by atoms with Crippen LogP contribution in [0.25, 0.3) is 0 Å². The molecule has 0 bridgehead atoms. The number of halogens is 2. The zero-order valence-corrected chi connectivity index (χ0v) is 15.8. The molecule has 1 aromatic carbocycles. The van der Waals surface area contributed by atoms with E-state index in [0.717, 1.165) is 0 Å². The maximum absolute atomic E-state index is 12.6. The van der Waals surface area contributed by atoms with E-state index in [1.165, 1.54) is 30.9 Å². The van der Waals surface area contributed by atoms with Crippen molar-refractivity contribution < 1.29 is 23.4 Å². The molecular weight excluding hydrogens is 384 g/mol. The van der Waals surface area contributed by atoms with E-state index in [2.05, 4.69) is 25.0 Å². The number of aliphatic hydroxyl groups is 1. The lowest BCUT2D eigenvalue weighted by Crippen LogP contribution is -2.47. The summed E-state index contributed by atoms with van der Waals surface area (Å²) in [5.74, 6) is -0.647. The van der Waals surface area contributed by atoms with E-state index in [0.29, 0.717) is 11.1 Å². The minimum absolute atomic E-state index is 0.0156. The third-order valence-electron chi connectivity index (χ3n) is 4.99. The molecule has 29 heavy (non-hydrogen) atoms. The van der Waals surface area contributed by atoms with Crippen LogP contribution in [0.4, 0.5) is 8.78 Å². The molecule has 0 saturated heterocycles. The van der Waals surface area contributed by atoms with Gasteiger partial charge in [0, 0.05) is 24.9 Å². The Morgan fingerprint density at radius 2 is 2.07 bits per heavy atom. The van der Waals surface area contributed by atoms with Crippen molar-refractivity contribution in [3.8, 4) is 5.75 Å². The Morgan fingerprint density at radius 3 is 2.62 bits per heavy atom. The Balaban J connectivity index is 1.93. The van der Waals surface area contributed by atoms with Crippen molar-refractivity contribution in [2.45, 2.75) is 32.1 Å². The highest BCUT2D eigenvalue weighted by Crippen LogP contribution is 2.40. The molecule has 1 aromatic heterocycles. The fourth-order valence-electron chi connectivity index (χ4n) is 3.34. The SMILES string of the molecule is Cc1cc(C2(CNC(=O)c3cncnc3)N=C(N)C(C)C2O)ccc1OC(F)F. The summed E-state index contributed by atoms with van der Waals surface area (Å²) in [6.07, 6.45) is 3.00. The van der Waals surface area contributed by atoms with Crippen LogP contribution in [0.15, 0.2) is 41.9 Å². The van der Waals surface area contributed by atoms with Crippen LogP contribution in [0, 0.1) is 12.8 Å².